The standard InChI is InChI=1S/C23H28N6O/c1-29-11-8-16(9-12-29)14-27-23(30)20-3-2-4-21(28-20)26-15-17-5-6-19-18(13-17)7-10-25-22(19)24/h2-7,10,13,16H,8-9,11-12,14-15H2,1H3,(H2,24,25)(H,26,28)(H,27,30). The number of pyridine rings is 2. The molecule has 3 heterocycles. The third-order valence-corrected chi connectivity index (χ3v) is 5.70. The molecule has 156 valence electrons. The van der Waals surface area contributed by atoms with E-state index >= 15 is 0 Å². The third-order valence-electron chi connectivity index (χ3n) is 5.70. The summed E-state index contributed by atoms with van der Waals surface area (Å²) in [7, 11) is 2.14. The molecule has 0 unspecified atom stereocenters. The minimum atomic E-state index is -0.119. The van der Waals surface area contributed by atoms with E-state index in [0.29, 0.717) is 36.3 Å². The van der Waals surface area contributed by atoms with Crippen LogP contribution in [0.4, 0.5) is 11.6 Å². The molecule has 0 atom stereocenters. The van der Waals surface area contributed by atoms with Gasteiger partial charge in [0, 0.05) is 24.7 Å². The molecule has 0 bridgehead atoms. The van der Waals surface area contributed by atoms with Gasteiger partial charge >= 0.3 is 0 Å². The number of fused-ring (bicyclic) bond motifs is 1. The van der Waals surface area contributed by atoms with Crippen LogP contribution in [0.1, 0.15) is 28.9 Å². The summed E-state index contributed by atoms with van der Waals surface area (Å²) in [6.45, 7) is 3.50. The Hall–Kier alpha value is -3.19. The number of carbonyl (C=O) groups is 1. The molecule has 1 aliphatic heterocycles. The number of hydrogen-bond donors (Lipinski definition) is 3. The molecular weight excluding hydrogens is 376 g/mol. The van der Waals surface area contributed by atoms with Gasteiger partial charge in [-0.3, -0.25) is 4.79 Å². The molecule has 7 nitrogen and oxygen atoms in total. The number of nitrogens with one attached hydrogen (secondary N) is 2. The van der Waals surface area contributed by atoms with Crippen LogP contribution in [0, 0.1) is 5.92 Å². The van der Waals surface area contributed by atoms with Crippen LogP contribution in [0.15, 0.2) is 48.7 Å². The van der Waals surface area contributed by atoms with Crippen LogP contribution in [0.5, 0.6) is 0 Å². The lowest BCUT2D eigenvalue weighted by Crippen LogP contribution is -2.37. The molecular formula is C23H28N6O. The lowest BCUT2D eigenvalue weighted by Gasteiger charge is -2.28. The zero-order valence-electron chi connectivity index (χ0n) is 17.3. The maximum absolute atomic E-state index is 12.5. The number of aromatic nitrogens is 2. The second-order valence-electron chi connectivity index (χ2n) is 7.97. The Morgan fingerprint density at radius 1 is 1.20 bits per heavy atom. The van der Waals surface area contributed by atoms with Crippen molar-refractivity contribution in [2.24, 2.45) is 5.92 Å². The van der Waals surface area contributed by atoms with E-state index in [1.807, 2.05) is 30.3 Å². The number of nitrogens with two attached hydrogens (primary N) is 1. The van der Waals surface area contributed by atoms with Crippen molar-refractivity contribution in [2.75, 3.05) is 37.7 Å². The van der Waals surface area contributed by atoms with E-state index in [1.54, 1.807) is 12.3 Å². The zero-order valence-corrected chi connectivity index (χ0v) is 17.3. The van der Waals surface area contributed by atoms with Crippen molar-refractivity contribution >= 4 is 28.3 Å². The molecule has 4 rings (SSSR count). The Labute approximate surface area is 176 Å². The van der Waals surface area contributed by atoms with Gasteiger partial charge in [-0.15, -0.1) is 0 Å². The predicted molar refractivity (Wildman–Crippen MR) is 120 cm³/mol. The third kappa shape index (κ3) is 4.86. The lowest BCUT2D eigenvalue weighted by molar-refractivity contribution is 0.0934. The summed E-state index contributed by atoms with van der Waals surface area (Å²) in [4.78, 5) is 23.5. The molecule has 1 aromatic carbocycles. The van der Waals surface area contributed by atoms with Crippen LogP contribution in [0.3, 0.4) is 0 Å². The van der Waals surface area contributed by atoms with Crippen LogP contribution >= 0.6 is 0 Å². The van der Waals surface area contributed by atoms with E-state index in [4.69, 9.17) is 5.73 Å². The lowest BCUT2D eigenvalue weighted by atomic mass is 9.97. The minimum absolute atomic E-state index is 0.119. The van der Waals surface area contributed by atoms with Crippen molar-refractivity contribution in [1.82, 2.24) is 20.2 Å². The fourth-order valence-corrected chi connectivity index (χ4v) is 3.81. The topological polar surface area (TPSA) is 96.2 Å². The summed E-state index contributed by atoms with van der Waals surface area (Å²) in [5.41, 5.74) is 7.46. The van der Waals surface area contributed by atoms with Crippen LogP contribution in [0.2, 0.25) is 0 Å². The van der Waals surface area contributed by atoms with E-state index in [-0.39, 0.29) is 5.91 Å². The molecule has 3 aromatic rings. The fraction of sp³-hybridized carbons (Fsp3) is 0.348. The number of carbonyl (C=O) groups excluding carboxylic acids is 1. The Bertz CT molecular complexity index is 1030. The maximum Gasteiger partial charge on any atom is 0.269 e. The monoisotopic (exact) mass is 404 g/mol. The molecule has 30 heavy (non-hydrogen) atoms. The van der Waals surface area contributed by atoms with Gasteiger partial charge in [-0.05, 0) is 74.1 Å². The van der Waals surface area contributed by atoms with Gasteiger partial charge < -0.3 is 21.3 Å². The molecule has 7 heteroatoms. The van der Waals surface area contributed by atoms with Gasteiger partial charge in [0.1, 0.15) is 17.3 Å². The van der Waals surface area contributed by atoms with Crippen LogP contribution < -0.4 is 16.4 Å². The number of anilines is 2. The minimum Gasteiger partial charge on any atom is -0.383 e. The number of amides is 1. The van der Waals surface area contributed by atoms with Crippen LogP contribution in [-0.4, -0.2) is 47.5 Å². The van der Waals surface area contributed by atoms with Crippen molar-refractivity contribution in [3.05, 3.63) is 59.9 Å². The second-order valence-corrected chi connectivity index (χ2v) is 7.97. The molecule has 1 amide bonds. The summed E-state index contributed by atoms with van der Waals surface area (Å²) in [5, 5.41) is 8.35. The smallest absolute Gasteiger partial charge is 0.269 e. The Morgan fingerprint density at radius 2 is 2.03 bits per heavy atom. The molecule has 0 aliphatic carbocycles. The van der Waals surface area contributed by atoms with Crippen molar-refractivity contribution in [3.63, 3.8) is 0 Å². The summed E-state index contributed by atoms with van der Waals surface area (Å²) in [6, 6.07) is 13.5. The van der Waals surface area contributed by atoms with Gasteiger partial charge in [-0.25, -0.2) is 9.97 Å². The fourth-order valence-electron chi connectivity index (χ4n) is 3.81. The van der Waals surface area contributed by atoms with Gasteiger partial charge in [-0.1, -0.05) is 18.2 Å². The van der Waals surface area contributed by atoms with Gasteiger partial charge in [0.05, 0.1) is 0 Å². The maximum atomic E-state index is 12.5. The normalized spacial score (nSPS) is 15.2. The molecule has 0 radical (unpaired) electrons. The van der Waals surface area contributed by atoms with E-state index < -0.39 is 0 Å². The predicted octanol–water partition coefficient (Wildman–Crippen LogP) is 2.90. The molecule has 4 N–H and O–H groups in total. The number of piperidine rings is 1. The molecule has 1 saturated heterocycles. The van der Waals surface area contributed by atoms with Crippen molar-refractivity contribution in [2.45, 2.75) is 19.4 Å². The summed E-state index contributed by atoms with van der Waals surface area (Å²) in [6.07, 6.45) is 3.96. The average molecular weight is 405 g/mol. The first-order valence-electron chi connectivity index (χ1n) is 10.4. The number of likely N-dealkylation sites (tertiary alicyclic amines) is 1. The Balaban J connectivity index is 1.34. The van der Waals surface area contributed by atoms with E-state index in [0.717, 1.165) is 42.3 Å². The number of rotatable bonds is 6. The number of hydrogen-bond acceptors (Lipinski definition) is 6. The van der Waals surface area contributed by atoms with Gasteiger partial charge in [0.25, 0.3) is 5.91 Å². The largest absolute Gasteiger partial charge is 0.383 e. The van der Waals surface area contributed by atoms with Crippen molar-refractivity contribution in [1.29, 1.82) is 0 Å². The van der Waals surface area contributed by atoms with Gasteiger partial charge in [0.15, 0.2) is 0 Å². The first-order chi connectivity index (χ1) is 14.6. The highest BCUT2D eigenvalue weighted by Gasteiger charge is 2.18. The summed E-state index contributed by atoms with van der Waals surface area (Å²) in [5.74, 6) is 1.64. The van der Waals surface area contributed by atoms with Crippen molar-refractivity contribution in [3.8, 4) is 0 Å². The quantitative estimate of drug-likeness (QED) is 0.585. The highest BCUT2D eigenvalue weighted by molar-refractivity contribution is 5.92. The molecule has 2 aromatic heterocycles. The Morgan fingerprint density at radius 3 is 2.87 bits per heavy atom. The first-order valence-corrected chi connectivity index (χ1v) is 10.4. The number of nitrogens with zero attached hydrogens (tertiary/aromatic N) is 3. The van der Waals surface area contributed by atoms with Crippen molar-refractivity contribution < 1.29 is 4.79 Å². The molecule has 0 saturated carbocycles. The second kappa shape index (κ2) is 9.09. The number of benzene rings is 1. The summed E-state index contributed by atoms with van der Waals surface area (Å²) < 4.78 is 0. The van der Waals surface area contributed by atoms with E-state index in [9.17, 15) is 4.79 Å². The molecule has 1 aliphatic rings. The first kappa shape index (κ1) is 20.1. The number of nitrogen functional groups attached to an aromatic ring is 1. The van der Waals surface area contributed by atoms with Crippen LogP contribution in [-0.2, 0) is 6.54 Å². The van der Waals surface area contributed by atoms with Crippen LogP contribution in [0.25, 0.3) is 10.8 Å². The summed E-state index contributed by atoms with van der Waals surface area (Å²) >= 11 is 0. The van der Waals surface area contributed by atoms with E-state index in [2.05, 4.69) is 38.6 Å². The highest BCUT2D eigenvalue weighted by Crippen LogP contribution is 2.20. The highest BCUT2D eigenvalue weighted by atomic mass is 16.1. The van der Waals surface area contributed by atoms with Gasteiger partial charge in [-0.2, -0.15) is 0 Å². The average Bonchev–Trinajstić information content (AvgIpc) is 2.77. The van der Waals surface area contributed by atoms with E-state index in [1.165, 1.54) is 0 Å². The Kier molecular flexibility index (Phi) is 6.09. The molecule has 0 spiro atoms. The molecule has 1 fully saturated rings. The van der Waals surface area contributed by atoms with Gasteiger partial charge in [0.2, 0.25) is 0 Å². The zero-order chi connectivity index (χ0) is 20.9. The SMILES string of the molecule is CN1CCC(CNC(=O)c2cccc(NCc3ccc4c(N)nccc4c3)n2)CC1.